The predicted octanol–water partition coefficient (Wildman–Crippen LogP) is 5.68. The highest BCUT2D eigenvalue weighted by Crippen LogP contribution is 2.41. The molecule has 0 saturated carbocycles. The Kier molecular flexibility index (Phi) is 6.53. The van der Waals surface area contributed by atoms with Gasteiger partial charge in [0, 0.05) is 42.2 Å². The van der Waals surface area contributed by atoms with Crippen LogP contribution in [0.15, 0.2) is 83.4 Å². The molecular formula is C31H26FN5O4S. The number of amides is 1. The van der Waals surface area contributed by atoms with Gasteiger partial charge in [0.05, 0.1) is 35.1 Å². The molecule has 3 aromatic carbocycles. The van der Waals surface area contributed by atoms with Crippen molar-refractivity contribution in [2.45, 2.75) is 6.92 Å². The van der Waals surface area contributed by atoms with Crippen molar-refractivity contribution < 1.29 is 22.0 Å². The van der Waals surface area contributed by atoms with Gasteiger partial charge in [-0.1, -0.05) is 29.8 Å². The molecule has 0 fully saturated rings. The molecule has 42 heavy (non-hydrogen) atoms. The summed E-state index contributed by atoms with van der Waals surface area (Å²) < 4.78 is 47.8. The van der Waals surface area contributed by atoms with Gasteiger partial charge < -0.3 is 9.73 Å². The Hall–Kier alpha value is -5.03. The van der Waals surface area contributed by atoms with Crippen molar-refractivity contribution in [1.29, 1.82) is 0 Å². The van der Waals surface area contributed by atoms with E-state index in [1.54, 1.807) is 54.2 Å². The summed E-state index contributed by atoms with van der Waals surface area (Å²) in [5.74, 6) is -0.320. The minimum Gasteiger partial charge on any atom is -0.455 e. The molecule has 0 saturated heterocycles. The van der Waals surface area contributed by atoms with Crippen LogP contribution in [-0.2, 0) is 10.0 Å². The zero-order valence-corrected chi connectivity index (χ0v) is 24.0. The van der Waals surface area contributed by atoms with Crippen LogP contribution < -0.4 is 9.62 Å². The van der Waals surface area contributed by atoms with Gasteiger partial charge in [-0.15, -0.1) is 0 Å². The molecular weight excluding hydrogens is 557 g/mol. The van der Waals surface area contributed by atoms with E-state index in [1.807, 2.05) is 31.2 Å². The number of hydrogen-bond acceptors (Lipinski definition) is 6. The molecule has 212 valence electrons. The first-order chi connectivity index (χ1) is 20.0. The van der Waals surface area contributed by atoms with Crippen LogP contribution in [0, 0.1) is 12.7 Å². The fourth-order valence-corrected chi connectivity index (χ4v) is 5.33. The van der Waals surface area contributed by atoms with Gasteiger partial charge >= 0.3 is 0 Å². The zero-order chi connectivity index (χ0) is 29.8. The van der Waals surface area contributed by atoms with E-state index in [0.717, 1.165) is 21.7 Å². The zero-order valence-electron chi connectivity index (χ0n) is 23.2. The SMILES string of the molecule is CNC(=O)c1c(-c2ccc(C)cc2)oc2cc(N(C)S(C)(=O)=O)c(-c3ccc4nc(-c5ccc(F)cc5)cn4n3)cc12. The fraction of sp³-hybridized carbons (Fsp3) is 0.129. The van der Waals surface area contributed by atoms with E-state index in [4.69, 9.17) is 9.52 Å². The molecule has 0 radical (unpaired) electrons. The summed E-state index contributed by atoms with van der Waals surface area (Å²) in [6.07, 6.45) is 2.83. The van der Waals surface area contributed by atoms with Crippen molar-refractivity contribution in [2.24, 2.45) is 0 Å². The third kappa shape index (κ3) is 4.77. The Morgan fingerprint density at radius 2 is 1.67 bits per heavy atom. The molecule has 9 nitrogen and oxygen atoms in total. The maximum Gasteiger partial charge on any atom is 0.255 e. The molecule has 6 rings (SSSR count). The Morgan fingerprint density at radius 3 is 2.33 bits per heavy atom. The minimum absolute atomic E-state index is 0.323. The van der Waals surface area contributed by atoms with Gasteiger partial charge in [0.1, 0.15) is 17.2 Å². The van der Waals surface area contributed by atoms with E-state index in [0.29, 0.717) is 56.1 Å². The van der Waals surface area contributed by atoms with Crippen molar-refractivity contribution in [3.63, 3.8) is 0 Å². The normalized spacial score (nSPS) is 11.7. The average Bonchev–Trinajstić information content (AvgIpc) is 3.57. The number of fused-ring (bicyclic) bond motifs is 2. The van der Waals surface area contributed by atoms with Gasteiger partial charge in [-0.05, 0) is 49.4 Å². The largest absolute Gasteiger partial charge is 0.455 e. The molecule has 6 aromatic rings. The van der Waals surface area contributed by atoms with Crippen molar-refractivity contribution in [3.05, 3.63) is 95.9 Å². The number of aromatic nitrogens is 3. The van der Waals surface area contributed by atoms with Gasteiger partial charge in [0.15, 0.2) is 5.65 Å². The number of aryl methyl sites for hydroxylation is 1. The van der Waals surface area contributed by atoms with E-state index in [9.17, 15) is 17.6 Å². The molecule has 1 amide bonds. The molecule has 0 unspecified atom stereocenters. The molecule has 0 bridgehead atoms. The number of hydrogen-bond donors (Lipinski definition) is 1. The number of carbonyl (C=O) groups excluding carboxylic acids is 1. The lowest BCUT2D eigenvalue weighted by Crippen LogP contribution is -2.25. The maximum absolute atomic E-state index is 13.4. The quantitative estimate of drug-likeness (QED) is 0.270. The third-order valence-electron chi connectivity index (χ3n) is 7.15. The number of rotatable bonds is 6. The number of nitrogens with zero attached hydrogens (tertiary/aromatic N) is 4. The number of sulfonamides is 1. The summed E-state index contributed by atoms with van der Waals surface area (Å²) >= 11 is 0. The second-order valence-corrected chi connectivity index (χ2v) is 12.0. The lowest BCUT2D eigenvalue weighted by Gasteiger charge is -2.20. The number of furan rings is 1. The highest BCUT2D eigenvalue weighted by Gasteiger charge is 2.26. The van der Waals surface area contributed by atoms with Crippen molar-refractivity contribution in [1.82, 2.24) is 19.9 Å². The molecule has 0 spiro atoms. The summed E-state index contributed by atoms with van der Waals surface area (Å²) in [7, 11) is -0.687. The second kappa shape index (κ2) is 10.1. The predicted molar refractivity (Wildman–Crippen MR) is 160 cm³/mol. The smallest absolute Gasteiger partial charge is 0.255 e. The van der Waals surface area contributed by atoms with Crippen LogP contribution in [0.2, 0.25) is 0 Å². The number of anilines is 1. The average molecular weight is 584 g/mol. The summed E-state index contributed by atoms with van der Waals surface area (Å²) in [4.78, 5) is 17.8. The van der Waals surface area contributed by atoms with Crippen LogP contribution in [0.25, 0.3) is 50.5 Å². The number of carbonyl (C=O) groups is 1. The first kappa shape index (κ1) is 27.2. The first-order valence-electron chi connectivity index (χ1n) is 13.0. The molecule has 0 aliphatic rings. The van der Waals surface area contributed by atoms with Crippen LogP contribution >= 0.6 is 0 Å². The van der Waals surface area contributed by atoms with Gasteiger partial charge in [0.2, 0.25) is 10.0 Å². The molecule has 1 N–H and O–H groups in total. The number of nitrogens with one attached hydrogen (secondary N) is 1. The lowest BCUT2D eigenvalue weighted by molar-refractivity contribution is 0.0964. The van der Waals surface area contributed by atoms with Gasteiger partial charge in [0.25, 0.3) is 5.91 Å². The third-order valence-corrected chi connectivity index (χ3v) is 8.34. The number of halogens is 1. The summed E-state index contributed by atoms with van der Waals surface area (Å²) in [5.41, 5.74) is 5.55. The molecule has 11 heteroatoms. The van der Waals surface area contributed by atoms with Crippen LogP contribution in [-0.4, -0.2) is 49.3 Å². The van der Waals surface area contributed by atoms with E-state index < -0.39 is 10.0 Å². The van der Waals surface area contributed by atoms with E-state index in [-0.39, 0.29) is 11.7 Å². The van der Waals surface area contributed by atoms with E-state index in [2.05, 4.69) is 10.3 Å². The molecule has 0 aliphatic carbocycles. The standard InChI is InChI=1S/C31H26FN5O4S/c1-18-5-7-20(8-6-18)30-29(31(38)33-2)23-15-22(26(16-27(23)41-30)36(3)42(4,39)40)24-13-14-28-34-25(17-37(28)35-24)19-9-11-21(32)12-10-19/h5-17H,1-4H3,(H,33,38). The van der Waals surface area contributed by atoms with Crippen LogP contribution in [0.3, 0.4) is 0 Å². The summed E-state index contributed by atoms with van der Waals surface area (Å²) in [5, 5.41) is 7.93. The van der Waals surface area contributed by atoms with Crippen LogP contribution in [0.5, 0.6) is 0 Å². The van der Waals surface area contributed by atoms with Crippen molar-refractivity contribution in [2.75, 3.05) is 24.7 Å². The molecule has 3 heterocycles. The highest BCUT2D eigenvalue weighted by atomic mass is 32.2. The number of benzene rings is 3. The van der Waals surface area contributed by atoms with Gasteiger partial charge in [-0.2, -0.15) is 5.10 Å². The number of imidazole rings is 1. The monoisotopic (exact) mass is 583 g/mol. The second-order valence-electron chi connectivity index (χ2n) is 10.0. The Labute approximate surface area is 241 Å². The Bertz CT molecular complexity index is 2100. The Balaban J connectivity index is 1.59. The maximum atomic E-state index is 13.4. The molecule has 3 aromatic heterocycles. The van der Waals surface area contributed by atoms with Crippen LogP contribution in [0.4, 0.5) is 10.1 Å². The molecule has 0 aliphatic heterocycles. The summed E-state index contributed by atoms with van der Waals surface area (Å²) in [6.45, 7) is 1.97. The first-order valence-corrected chi connectivity index (χ1v) is 14.8. The Morgan fingerprint density at radius 1 is 0.976 bits per heavy atom. The molecule has 0 atom stereocenters. The van der Waals surface area contributed by atoms with E-state index in [1.165, 1.54) is 19.2 Å². The topological polar surface area (TPSA) is 110 Å². The van der Waals surface area contributed by atoms with Crippen molar-refractivity contribution in [3.8, 4) is 33.8 Å². The summed E-state index contributed by atoms with van der Waals surface area (Å²) in [6, 6.07) is 20.4. The lowest BCUT2D eigenvalue weighted by atomic mass is 10.0. The van der Waals surface area contributed by atoms with Crippen LogP contribution in [0.1, 0.15) is 15.9 Å². The highest BCUT2D eigenvalue weighted by molar-refractivity contribution is 7.92. The van der Waals surface area contributed by atoms with E-state index >= 15 is 0 Å². The fourth-order valence-electron chi connectivity index (χ4n) is 4.82. The van der Waals surface area contributed by atoms with Gasteiger partial charge in [-0.3, -0.25) is 9.10 Å². The minimum atomic E-state index is -3.68. The van der Waals surface area contributed by atoms with Crippen molar-refractivity contribution >= 4 is 38.2 Å². The van der Waals surface area contributed by atoms with Gasteiger partial charge in [-0.25, -0.2) is 22.3 Å².